The van der Waals surface area contributed by atoms with E-state index in [1.54, 1.807) is 0 Å². The molecule has 29 heavy (non-hydrogen) atoms. The van der Waals surface area contributed by atoms with E-state index in [2.05, 4.69) is 18.2 Å². The third kappa shape index (κ3) is 4.71. The third-order valence-electron chi connectivity index (χ3n) is 6.31. The van der Waals surface area contributed by atoms with Crippen molar-refractivity contribution < 1.29 is 9.59 Å². The average molecular weight is 413 g/mol. The number of ketones is 1. The maximum Gasteiger partial charge on any atom is 0.223 e. The molecular weight excluding hydrogens is 384 g/mol. The molecule has 1 fully saturated rings. The number of hydrogen-bond donors (Lipinski definition) is 1. The van der Waals surface area contributed by atoms with Gasteiger partial charge in [0.2, 0.25) is 5.91 Å². The molecule has 0 aromatic heterocycles. The van der Waals surface area contributed by atoms with Gasteiger partial charge in [-0.25, -0.2) is 0 Å². The molecule has 0 unspecified atom stereocenters. The van der Waals surface area contributed by atoms with Crippen molar-refractivity contribution in [3.8, 4) is 0 Å². The van der Waals surface area contributed by atoms with Crippen molar-refractivity contribution in [2.75, 3.05) is 19.6 Å². The topological polar surface area (TPSA) is 63.4 Å². The average Bonchev–Trinajstić information content (AvgIpc) is 3.38. The van der Waals surface area contributed by atoms with Crippen molar-refractivity contribution in [3.63, 3.8) is 0 Å². The third-order valence-corrected chi connectivity index (χ3v) is 6.31. The zero-order chi connectivity index (χ0) is 19.5. The summed E-state index contributed by atoms with van der Waals surface area (Å²) in [5, 5.41) is 0. The van der Waals surface area contributed by atoms with Gasteiger partial charge in [-0.2, -0.15) is 0 Å². The molecule has 2 aromatic rings. The summed E-state index contributed by atoms with van der Waals surface area (Å²) < 4.78 is 0. The van der Waals surface area contributed by atoms with Gasteiger partial charge in [-0.15, -0.1) is 12.4 Å². The van der Waals surface area contributed by atoms with Gasteiger partial charge in [0.25, 0.3) is 0 Å². The molecule has 2 aliphatic rings. The minimum Gasteiger partial charge on any atom is -0.342 e. The Labute approximate surface area is 178 Å². The molecule has 4 rings (SSSR count). The SMILES string of the molecule is Cl.NC[C@@H]1CN(C(=O)CCC(=O)c2ccc3c(c2)CCC3)C[C@H]1c1ccccc1. The van der Waals surface area contributed by atoms with Crippen LogP contribution >= 0.6 is 12.4 Å². The predicted molar refractivity (Wildman–Crippen MR) is 118 cm³/mol. The second-order valence-corrected chi connectivity index (χ2v) is 8.07. The first-order valence-electron chi connectivity index (χ1n) is 10.3. The monoisotopic (exact) mass is 412 g/mol. The van der Waals surface area contributed by atoms with Crippen molar-refractivity contribution in [2.45, 2.75) is 38.0 Å². The molecule has 4 nitrogen and oxygen atoms in total. The predicted octanol–water partition coefficient (Wildman–Crippen LogP) is 3.76. The second kappa shape index (κ2) is 9.55. The fourth-order valence-corrected chi connectivity index (χ4v) is 4.66. The van der Waals surface area contributed by atoms with Gasteiger partial charge >= 0.3 is 0 Å². The van der Waals surface area contributed by atoms with Crippen molar-refractivity contribution in [2.24, 2.45) is 11.7 Å². The van der Waals surface area contributed by atoms with Gasteiger partial charge in [-0.05, 0) is 54.5 Å². The highest BCUT2D eigenvalue weighted by molar-refractivity contribution is 5.98. The molecule has 2 N–H and O–H groups in total. The van der Waals surface area contributed by atoms with Crippen LogP contribution in [0.1, 0.15) is 52.2 Å². The Morgan fingerprint density at radius 3 is 2.48 bits per heavy atom. The zero-order valence-electron chi connectivity index (χ0n) is 16.7. The van der Waals surface area contributed by atoms with Gasteiger partial charge in [0.05, 0.1) is 0 Å². The summed E-state index contributed by atoms with van der Waals surface area (Å²) in [5.41, 5.74) is 10.6. The Kier molecular flexibility index (Phi) is 7.09. The summed E-state index contributed by atoms with van der Waals surface area (Å²) in [5.74, 6) is 0.685. The highest BCUT2D eigenvalue weighted by atomic mass is 35.5. The normalized spacial score (nSPS) is 20.2. The summed E-state index contributed by atoms with van der Waals surface area (Å²) in [6.45, 7) is 1.94. The number of Topliss-reactive ketones (excluding diaryl/α,β-unsaturated/α-hetero) is 1. The summed E-state index contributed by atoms with van der Waals surface area (Å²) >= 11 is 0. The lowest BCUT2D eigenvalue weighted by Gasteiger charge is -2.17. The number of aryl methyl sites for hydroxylation is 2. The number of benzene rings is 2. The number of hydrogen-bond acceptors (Lipinski definition) is 3. The molecule has 1 heterocycles. The molecule has 1 amide bonds. The van der Waals surface area contributed by atoms with Gasteiger partial charge in [-0.1, -0.05) is 42.5 Å². The number of carbonyl (C=O) groups excluding carboxylic acids is 2. The van der Waals surface area contributed by atoms with E-state index in [1.807, 2.05) is 35.2 Å². The fourth-order valence-electron chi connectivity index (χ4n) is 4.66. The van der Waals surface area contributed by atoms with Crippen LogP contribution < -0.4 is 5.73 Å². The molecule has 1 saturated heterocycles. The van der Waals surface area contributed by atoms with Crippen molar-refractivity contribution >= 4 is 24.1 Å². The molecule has 2 atom stereocenters. The van der Waals surface area contributed by atoms with Crippen LogP contribution in [0.15, 0.2) is 48.5 Å². The van der Waals surface area contributed by atoms with E-state index < -0.39 is 0 Å². The lowest BCUT2D eigenvalue weighted by molar-refractivity contribution is -0.130. The van der Waals surface area contributed by atoms with Crippen LogP contribution in [0.25, 0.3) is 0 Å². The number of halogens is 1. The Balaban J connectivity index is 0.00000240. The van der Waals surface area contributed by atoms with E-state index in [9.17, 15) is 9.59 Å². The molecule has 0 saturated carbocycles. The smallest absolute Gasteiger partial charge is 0.223 e. The maximum absolute atomic E-state index is 12.7. The van der Waals surface area contributed by atoms with Gasteiger partial charge < -0.3 is 10.6 Å². The first-order chi connectivity index (χ1) is 13.7. The highest BCUT2D eigenvalue weighted by Gasteiger charge is 2.35. The number of nitrogens with zero attached hydrogens (tertiary/aromatic N) is 1. The van der Waals surface area contributed by atoms with E-state index in [0.717, 1.165) is 18.4 Å². The molecule has 0 spiro atoms. The van der Waals surface area contributed by atoms with E-state index in [-0.39, 0.29) is 48.8 Å². The molecule has 1 aliphatic carbocycles. The van der Waals surface area contributed by atoms with Crippen LogP contribution in [0.3, 0.4) is 0 Å². The standard InChI is InChI=1S/C24H28N2O2.ClH/c25-14-21-15-26(16-22(21)18-5-2-1-3-6-18)24(28)12-11-23(27)20-10-9-17-7-4-8-19(17)13-20;/h1-3,5-6,9-10,13,21-22H,4,7-8,11-12,14-16,25H2;1H/t21-,22+;/m1./s1. The summed E-state index contributed by atoms with van der Waals surface area (Å²) in [6.07, 6.45) is 3.89. The first kappa shape index (κ1) is 21.5. The highest BCUT2D eigenvalue weighted by Crippen LogP contribution is 2.32. The van der Waals surface area contributed by atoms with E-state index in [1.165, 1.54) is 23.1 Å². The molecule has 2 aromatic carbocycles. The Bertz CT molecular complexity index is 868. The van der Waals surface area contributed by atoms with Crippen molar-refractivity contribution in [1.29, 1.82) is 0 Å². The first-order valence-corrected chi connectivity index (χ1v) is 10.3. The van der Waals surface area contributed by atoms with Crippen molar-refractivity contribution in [1.82, 2.24) is 4.90 Å². The largest absolute Gasteiger partial charge is 0.342 e. The molecule has 5 heteroatoms. The quantitative estimate of drug-likeness (QED) is 0.734. The fraction of sp³-hybridized carbons (Fsp3) is 0.417. The Hall–Kier alpha value is -2.17. The van der Waals surface area contributed by atoms with Crippen LogP contribution in [0, 0.1) is 5.92 Å². The number of fused-ring (bicyclic) bond motifs is 1. The van der Waals surface area contributed by atoms with Crippen LogP contribution in [0.4, 0.5) is 0 Å². The van der Waals surface area contributed by atoms with Gasteiger partial charge in [0.1, 0.15) is 0 Å². The van der Waals surface area contributed by atoms with Crippen LogP contribution in [-0.2, 0) is 17.6 Å². The summed E-state index contributed by atoms with van der Waals surface area (Å²) in [7, 11) is 0. The van der Waals surface area contributed by atoms with E-state index in [4.69, 9.17) is 5.73 Å². The lowest BCUT2D eigenvalue weighted by Crippen LogP contribution is -2.30. The zero-order valence-corrected chi connectivity index (χ0v) is 17.5. The molecule has 0 bridgehead atoms. The summed E-state index contributed by atoms with van der Waals surface area (Å²) in [6, 6.07) is 16.3. The molecule has 154 valence electrons. The second-order valence-electron chi connectivity index (χ2n) is 8.07. The molecular formula is C24H29ClN2O2. The van der Waals surface area contributed by atoms with Crippen molar-refractivity contribution in [3.05, 3.63) is 70.8 Å². The van der Waals surface area contributed by atoms with Gasteiger partial charge in [-0.3, -0.25) is 9.59 Å². The van der Waals surface area contributed by atoms with Gasteiger partial charge in [0.15, 0.2) is 5.78 Å². The number of nitrogens with two attached hydrogens (primary N) is 1. The number of carbonyl (C=O) groups is 2. The lowest BCUT2D eigenvalue weighted by atomic mass is 9.89. The van der Waals surface area contributed by atoms with Gasteiger partial charge in [0, 0.05) is 37.4 Å². The number of likely N-dealkylation sites (tertiary alicyclic amines) is 1. The number of amides is 1. The minimum atomic E-state index is 0. The van der Waals surface area contributed by atoms with Crippen LogP contribution in [0.5, 0.6) is 0 Å². The van der Waals surface area contributed by atoms with E-state index >= 15 is 0 Å². The number of rotatable bonds is 6. The van der Waals surface area contributed by atoms with E-state index in [0.29, 0.717) is 19.6 Å². The molecule has 0 radical (unpaired) electrons. The Morgan fingerprint density at radius 2 is 1.72 bits per heavy atom. The maximum atomic E-state index is 12.7. The molecule has 1 aliphatic heterocycles. The Morgan fingerprint density at radius 1 is 0.966 bits per heavy atom. The minimum absolute atomic E-state index is 0. The summed E-state index contributed by atoms with van der Waals surface area (Å²) in [4.78, 5) is 27.2. The van der Waals surface area contributed by atoms with Crippen LogP contribution in [-0.4, -0.2) is 36.2 Å². The van der Waals surface area contributed by atoms with Crippen LogP contribution in [0.2, 0.25) is 0 Å².